The van der Waals surface area contributed by atoms with Crippen LogP contribution >= 0.6 is 0 Å². The quantitative estimate of drug-likeness (QED) is 0.121. The van der Waals surface area contributed by atoms with Crippen molar-refractivity contribution in [3.05, 3.63) is 437 Å². The van der Waals surface area contributed by atoms with Crippen LogP contribution in [-0.4, -0.2) is 47.3 Å². The molecule has 0 atom stereocenters. The predicted octanol–water partition coefficient (Wildman–Crippen LogP) is 30.2. The van der Waals surface area contributed by atoms with Gasteiger partial charge >= 0.3 is 0 Å². The maximum absolute atomic E-state index is 5.34. The van der Waals surface area contributed by atoms with Crippen molar-refractivity contribution in [2.45, 2.75) is 0 Å². The van der Waals surface area contributed by atoms with Crippen molar-refractivity contribution in [1.82, 2.24) is 47.3 Å². The highest BCUT2D eigenvalue weighted by molar-refractivity contribution is 6.29. The molecule has 0 saturated carbocycles. The van der Waals surface area contributed by atoms with Crippen LogP contribution in [0.4, 0.5) is 0 Å². The summed E-state index contributed by atoms with van der Waals surface area (Å²) in [6, 6.07) is 157. The van der Waals surface area contributed by atoms with E-state index >= 15 is 0 Å². The number of nitrogens with zero attached hydrogens (tertiary/aromatic N) is 10. The van der Waals surface area contributed by atoms with Gasteiger partial charge in [-0.15, -0.1) is 0 Å². The molecule has 0 aliphatic rings. The van der Waals surface area contributed by atoms with Crippen molar-refractivity contribution in [3.63, 3.8) is 0 Å². The Balaban J connectivity index is 0.000000132. The monoisotopic (exact) mass is 1630 g/mol. The molecule has 0 bridgehead atoms. The standard InChI is InChI=1S/C60H37N5.C58H35N5/c1-4-15-38(16-5-1)50-37-51(39-17-6-2-7-18-39)62-60(61-50)65-56-26-14-19-40-27-30-47-44(31-34-57(65)59(47)58(40)56)41-28-32-54-48(35-41)45-22-10-13-25-53(45)64(54)43-29-33-55-49(36-43)46-23-11-12-24-52(46)63(55)42-20-8-3-9-21-42;1-3-14-37(15-4-1)57-45-21-7-10-22-48(45)59-58(60-57)63-53-25-13-16-36-26-29-44-41(30-33-54(63)56(44)55(36)53)38-27-31-51-46(34-38)42-19-8-12-24-50(42)62(51)40-28-32-52-47(35-40)43-20-9-11-23-49(43)61(52)39-17-5-2-6-18-39/h1-37H;1-35H. The van der Waals surface area contributed by atoms with E-state index in [9.17, 15) is 0 Å². The third kappa shape index (κ3) is 10.8. The lowest BCUT2D eigenvalue weighted by atomic mass is 9.94. The Labute approximate surface area is 733 Å². The van der Waals surface area contributed by atoms with Crippen molar-refractivity contribution in [1.29, 1.82) is 0 Å². The van der Waals surface area contributed by atoms with Crippen LogP contribution in [0.3, 0.4) is 0 Å². The smallest absolute Gasteiger partial charge is 0.235 e. The molecule has 8 heterocycles. The molecule has 0 radical (unpaired) electrons. The maximum atomic E-state index is 5.34. The van der Waals surface area contributed by atoms with Crippen LogP contribution < -0.4 is 0 Å². The summed E-state index contributed by atoms with van der Waals surface area (Å²) in [6.45, 7) is 0. The molecule has 0 aliphatic carbocycles. The minimum Gasteiger partial charge on any atom is -0.309 e. The number of hydrogen-bond donors (Lipinski definition) is 0. The van der Waals surface area contributed by atoms with Gasteiger partial charge in [-0.1, -0.05) is 291 Å². The van der Waals surface area contributed by atoms with Gasteiger partial charge in [-0.25, -0.2) is 19.9 Å². The second kappa shape index (κ2) is 28.1. The molecule has 0 saturated heterocycles. The Bertz CT molecular complexity index is 9320. The second-order valence-corrected chi connectivity index (χ2v) is 33.5. The molecule has 10 nitrogen and oxygen atoms in total. The van der Waals surface area contributed by atoms with Gasteiger partial charge in [0.1, 0.15) is 0 Å². The normalized spacial score (nSPS) is 12.1. The summed E-state index contributed by atoms with van der Waals surface area (Å²) in [5.41, 5.74) is 30.0. The molecule has 128 heavy (non-hydrogen) atoms. The SMILES string of the molecule is c1ccc(-c2cc(-c3ccccc3)nc(-n3c4cccc5ccc6c(-c7ccc8c(c7)c7ccccc7n8-c7ccc8c(c7)c7ccccc7n8-c7ccccc7)ccc3c6c54)n2)cc1.c1ccc(-c2nc(-n3c4cccc5ccc6c(-c7ccc8c(c7)c7ccccc7n8-c7ccc8c(c7)c7ccccc7n8-c7ccccc7)ccc3c6c54)nc3ccccc23)cc1. The highest BCUT2D eigenvalue weighted by Gasteiger charge is 2.27. The van der Waals surface area contributed by atoms with Crippen LogP contribution in [-0.2, 0) is 0 Å². The molecule has 0 unspecified atom stereocenters. The van der Waals surface area contributed by atoms with Crippen LogP contribution in [0.25, 0.3) is 254 Å². The summed E-state index contributed by atoms with van der Waals surface area (Å²) in [7, 11) is 0. The van der Waals surface area contributed by atoms with Crippen molar-refractivity contribution in [2.75, 3.05) is 0 Å². The number of benzene rings is 20. The van der Waals surface area contributed by atoms with E-state index in [1.807, 2.05) is 18.2 Å². The number of para-hydroxylation sites is 7. The lowest BCUT2D eigenvalue weighted by Crippen LogP contribution is -2.04. The average Bonchev–Trinajstić information content (AvgIpc) is 1.49. The van der Waals surface area contributed by atoms with E-state index < -0.39 is 0 Å². The third-order valence-corrected chi connectivity index (χ3v) is 26.6. The second-order valence-electron chi connectivity index (χ2n) is 33.5. The Morgan fingerprint density at radius 1 is 0.156 bits per heavy atom. The molecular weight excluding hydrogens is 1560 g/mol. The van der Waals surface area contributed by atoms with Gasteiger partial charge in [0.15, 0.2) is 0 Å². The van der Waals surface area contributed by atoms with E-state index in [2.05, 4.69) is 446 Å². The molecule has 0 fully saturated rings. The van der Waals surface area contributed by atoms with E-state index in [0.29, 0.717) is 11.9 Å². The molecule has 28 aromatic rings. The molecular formula is C118H72N10. The lowest BCUT2D eigenvalue weighted by Gasteiger charge is -2.12. The first kappa shape index (κ1) is 71.3. The molecule has 0 spiro atoms. The van der Waals surface area contributed by atoms with E-state index in [1.165, 1.54) is 153 Å². The zero-order valence-electron chi connectivity index (χ0n) is 69.0. The molecule has 8 aromatic heterocycles. The molecule has 10 heteroatoms. The summed E-state index contributed by atoms with van der Waals surface area (Å²) < 4.78 is 14.1. The highest BCUT2D eigenvalue weighted by atomic mass is 15.2. The van der Waals surface area contributed by atoms with Crippen LogP contribution in [0.5, 0.6) is 0 Å². The topological polar surface area (TPSA) is 81.1 Å². The van der Waals surface area contributed by atoms with Gasteiger partial charge in [0.05, 0.1) is 88.8 Å². The fraction of sp³-hybridized carbons (Fsp3) is 0. The van der Waals surface area contributed by atoms with Gasteiger partial charge in [0.25, 0.3) is 0 Å². The first-order chi connectivity index (χ1) is 63.5. The highest BCUT2D eigenvalue weighted by Crippen LogP contribution is 2.49. The molecule has 28 rings (SSSR count). The summed E-state index contributed by atoms with van der Waals surface area (Å²) >= 11 is 0. The first-order valence-electron chi connectivity index (χ1n) is 43.7. The molecule has 0 amide bonds. The first-order valence-corrected chi connectivity index (χ1v) is 43.7. The van der Waals surface area contributed by atoms with Crippen molar-refractivity contribution < 1.29 is 0 Å². The summed E-state index contributed by atoms with van der Waals surface area (Å²) in [6.07, 6.45) is 0. The van der Waals surface area contributed by atoms with E-state index in [0.717, 1.165) is 89.5 Å². The van der Waals surface area contributed by atoms with Crippen LogP contribution in [0.15, 0.2) is 437 Å². The van der Waals surface area contributed by atoms with Crippen LogP contribution in [0, 0.1) is 0 Å². The Morgan fingerprint density at radius 3 is 0.922 bits per heavy atom. The molecule has 0 N–H and O–H groups in total. The summed E-state index contributed by atoms with van der Waals surface area (Å²) in [5, 5.41) is 20.6. The van der Waals surface area contributed by atoms with Gasteiger partial charge in [0, 0.05) is 109 Å². The van der Waals surface area contributed by atoms with Gasteiger partial charge in [-0.05, 0) is 189 Å². The van der Waals surface area contributed by atoms with Gasteiger partial charge < -0.3 is 18.3 Å². The predicted molar refractivity (Wildman–Crippen MR) is 532 cm³/mol. The number of aromatic nitrogens is 10. The van der Waals surface area contributed by atoms with Gasteiger partial charge in [-0.2, -0.15) is 0 Å². The maximum Gasteiger partial charge on any atom is 0.235 e. The van der Waals surface area contributed by atoms with Crippen LogP contribution in [0.1, 0.15) is 0 Å². The number of rotatable bonds is 11. The average molecular weight is 1630 g/mol. The Hall–Kier alpha value is -17.3. The van der Waals surface area contributed by atoms with Crippen molar-refractivity contribution in [3.8, 4) is 90.7 Å². The van der Waals surface area contributed by atoms with E-state index in [4.69, 9.17) is 19.9 Å². The molecule has 594 valence electrons. The Morgan fingerprint density at radius 2 is 0.484 bits per heavy atom. The van der Waals surface area contributed by atoms with Crippen molar-refractivity contribution in [2.24, 2.45) is 0 Å². The fourth-order valence-corrected chi connectivity index (χ4v) is 21.1. The summed E-state index contributed by atoms with van der Waals surface area (Å²) in [4.78, 5) is 21.2. The fourth-order valence-electron chi connectivity index (χ4n) is 21.1. The lowest BCUT2D eigenvalue weighted by molar-refractivity contribution is 0.996. The van der Waals surface area contributed by atoms with Crippen LogP contribution in [0.2, 0.25) is 0 Å². The Kier molecular flexibility index (Phi) is 15.6. The zero-order valence-corrected chi connectivity index (χ0v) is 69.0. The van der Waals surface area contributed by atoms with Gasteiger partial charge in [0.2, 0.25) is 11.9 Å². The summed E-state index contributed by atoms with van der Waals surface area (Å²) in [5.74, 6) is 1.32. The molecule has 20 aromatic carbocycles. The van der Waals surface area contributed by atoms with E-state index in [1.54, 1.807) is 0 Å². The largest absolute Gasteiger partial charge is 0.309 e. The minimum atomic E-state index is 0.653. The number of fused-ring (bicyclic) bond motifs is 13. The van der Waals surface area contributed by atoms with Gasteiger partial charge in [-0.3, -0.25) is 9.13 Å². The van der Waals surface area contributed by atoms with Crippen molar-refractivity contribution >= 4 is 163 Å². The minimum absolute atomic E-state index is 0.653. The zero-order chi connectivity index (χ0) is 83.8. The number of hydrogen-bond acceptors (Lipinski definition) is 4. The molecule has 0 aliphatic heterocycles. The third-order valence-electron chi connectivity index (χ3n) is 26.6. The van der Waals surface area contributed by atoms with E-state index in [-0.39, 0.29) is 0 Å².